The number of anilines is 1. The lowest BCUT2D eigenvalue weighted by atomic mass is 10.1. The van der Waals surface area contributed by atoms with Crippen LogP contribution in [0, 0.1) is 0 Å². The minimum Gasteiger partial charge on any atom is -0.389 e. The third-order valence-corrected chi connectivity index (χ3v) is 2.38. The minimum atomic E-state index is -0.472. The van der Waals surface area contributed by atoms with Gasteiger partial charge in [0.05, 0.1) is 6.10 Å². The van der Waals surface area contributed by atoms with Crippen molar-refractivity contribution >= 4 is 5.82 Å². The number of rotatable bonds is 3. The molecule has 0 unspecified atom stereocenters. The molecule has 1 aromatic heterocycles. The molecule has 0 aliphatic heterocycles. The summed E-state index contributed by atoms with van der Waals surface area (Å²) in [6.45, 7) is 5.95. The zero-order valence-electron chi connectivity index (χ0n) is 9.23. The minimum absolute atomic E-state index is 0.377. The van der Waals surface area contributed by atoms with Gasteiger partial charge in [-0.1, -0.05) is 6.07 Å². The normalized spacial score (nSPS) is 13.0. The molecule has 14 heavy (non-hydrogen) atoms. The maximum Gasteiger partial charge on any atom is 0.134 e. The molecule has 1 aromatic rings. The Balaban J connectivity index is 3.06. The van der Waals surface area contributed by atoms with Crippen molar-refractivity contribution in [1.82, 2.24) is 4.98 Å². The summed E-state index contributed by atoms with van der Waals surface area (Å²) in [6, 6.07) is 4.13. The number of hydrogen-bond donors (Lipinski definition) is 1. The predicted octanol–water partition coefficient (Wildman–Crippen LogP) is 1.98. The van der Waals surface area contributed by atoms with Gasteiger partial charge >= 0.3 is 0 Å². The predicted molar refractivity (Wildman–Crippen MR) is 58.4 cm³/mol. The maximum atomic E-state index is 9.57. The molecule has 0 radical (unpaired) electrons. The van der Waals surface area contributed by atoms with Crippen molar-refractivity contribution in [3.63, 3.8) is 0 Å². The van der Waals surface area contributed by atoms with Gasteiger partial charge in [-0.05, 0) is 26.8 Å². The maximum absolute atomic E-state index is 9.57. The highest BCUT2D eigenvalue weighted by Gasteiger charge is 2.13. The summed E-state index contributed by atoms with van der Waals surface area (Å²) >= 11 is 0. The zero-order valence-corrected chi connectivity index (χ0v) is 9.23. The van der Waals surface area contributed by atoms with Crippen molar-refractivity contribution in [3.8, 4) is 0 Å². The van der Waals surface area contributed by atoms with Gasteiger partial charge < -0.3 is 10.0 Å². The van der Waals surface area contributed by atoms with Crippen molar-refractivity contribution in [2.45, 2.75) is 32.9 Å². The molecule has 1 rings (SSSR count). The Hall–Kier alpha value is -1.09. The molecule has 0 aliphatic rings. The molecule has 0 saturated carbocycles. The van der Waals surface area contributed by atoms with E-state index in [1.807, 2.05) is 19.2 Å². The van der Waals surface area contributed by atoms with Gasteiger partial charge in [0.25, 0.3) is 0 Å². The van der Waals surface area contributed by atoms with Crippen LogP contribution in [0.4, 0.5) is 5.82 Å². The second-order valence-corrected chi connectivity index (χ2v) is 3.80. The van der Waals surface area contributed by atoms with E-state index in [9.17, 15) is 5.11 Å². The fraction of sp³-hybridized carbons (Fsp3) is 0.545. The Labute approximate surface area is 85.4 Å². The molecule has 0 spiro atoms. The molecule has 0 aliphatic carbocycles. The summed E-state index contributed by atoms with van der Waals surface area (Å²) in [4.78, 5) is 6.34. The van der Waals surface area contributed by atoms with E-state index in [4.69, 9.17) is 0 Å². The van der Waals surface area contributed by atoms with E-state index in [2.05, 4.69) is 23.7 Å². The third-order valence-electron chi connectivity index (χ3n) is 2.38. The Morgan fingerprint density at radius 3 is 2.50 bits per heavy atom. The average Bonchev–Trinajstić information content (AvgIpc) is 2.16. The quantitative estimate of drug-likeness (QED) is 0.799. The van der Waals surface area contributed by atoms with Gasteiger partial charge in [-0.2, -0.15) is 0 Å². The van der Waals surface area contributed by atoms with Crippen LogP contribution in [0.2, 0.25) is 0 Å². The molecule has 1 heterocycles. The fourth-order valence-electron chi connectivity index (χ4n) is 1.27. The van der Waals surface area contributed by atoms with Crippen molar-refractivity contribution in [2.24, 2.45) is 0 Å². The van der Waals surface area contributed by atoms with Gasteiger partial charge in [-0.25, -0.2) is 4.98 Å². The number of aromatic nitrogens is 1. The number of hydrogen-bond acceptors (Lipinski definition) is 3. The van der Waals surface area contributed by atoms with E-state index in [-0.39, 0.29) is 0 Å². The van der Waals surface area contributed by atoms with E-state index in [0.717, 1.165) is 11.4 Å². The first-order chi connectivity index (χ1) is 6.54. The van der Waals surface area contributed by atoms with E-state index >= 15 is 0 Å². The molecule has 0 aromatic carbocycles. The lowest BCUT2D eigenvalue weighted by molar-refractivity contribution is 0.199. The Morgan fingerprint density at radius 1 is 1.36 bits per heavy atom. The molecular formula is C11H18N2O. The van der Waals surface area contributed by atoms with Crippen LogP contribution in [0.15, 0.2) is 18.3 Å². The van der Waals surface area contributed by atoms with Crippen LogP contribution in [0.1, 0.15) is 32.4 Å². The van der Waals surface area contributed by atoms with Crippen LogP contribution >= 0.6 is 0 Å². The highest BCUT2D eigenvalue weighted by Crippen LogP contribution is 2.23. The molecule has 3 nitrogen and oxygen atoms in total. The first kappa shape index (κ1) is 11.0. The lowest BCUT2D eigenvalue weighted by Gasteiger charge is -2.25. The molecule has 0 saturated heterocycles. The molecule has 1 N–H and O–H groups in total. The van der Waals surface area contributed by atoms with Crippen LogP contribution in [0.3, 0.4) is 0 Å². The second kappa shape index (κ2) is 4.42. The first-order valence-electron chi connectivity index (χ1n) is 4.90. The van der Waals surface area contributed by atoms with Gasteiger partial charge in [-0.3, -0.25) is 0 Å². The van der Waals surface area contributed by atoms with Crippen molar-refractivity contribution in [1.29, 1.82) is 0 Å². The summed E-state index contributed by atoms with van der Waals surface area (Å²) < 4.78 is 0. The molecule has 1 atom stereocenters. The number of pyridine rings is 1. The summed E-state index contributed by atoms with van der Waals surface area (Å²) in [5.41, 5.74) is 0.878. The third kappa shape index (κ3) is 2.23. The largest absolute Gasteiger partial charge is 0.389 e. The van der Waals surface area contributed by atoms with E-state index in [0.29, 0.717) is 6.04 Å². The monoisotopic (exact) mass is 194 g/mol. The summed E-state index contributed by atoms with van der Waals surface area (Å²) in [5.74, 6) is 0.859. The van der Waals surface area contributed by atoms with Crippen LogP contribution in [-0.4, -0.2) is 23.2 Å². The van der Waals surface area contributed by atoms with Crippen LogP contribution in [0.5, 0.6) is 0 Å². The van der Waals surface area contributed by atoms with E-state index in [1.165, 1.54) is 0 Å². The molecule has 0 amide bonds. The topological polar surface area (TPSA) is 36.4 Å². The molecule has 0 fully saturated rings. The summed E-state index contributed by atoms with van der Waals surface area (Å²) in [5, 5.41) is 9.57. The standard InChI is InChI=1S/C11H18N2O/c1-8(2)13(4)11-10(9(3)14)6-5-7-12-11/h5-9,14H,1-4H3/t9-/m0/s1. The SMILES string of the molecule is CC(C)N(C)c1ncccc1[C@H](C)O. The van der Waals surface area contributed by atoms with Gasteiger partial charge in [-0.15, -0.1) is 0 Å². The summed E-state index contributed by atoms with van der Waals surface area (Å²) in [6.07, 6.45) is 1.28. The van der Waals surface area contributed by atoms with Gasteiger partial charge in [0.2, 0.25) is 0 Å². The zero-order chi connectivity index (χ0) is 10.7. The number of aliphatic hydroxyl groups is 1. The molecule has 78 valence electrons. The Kier molecular flexibility index (Phi) is 3.47. The first-order valence-corrected chi connectivity index (χ1v) is 4.90. The van der Waals surface area contributed by atoms with E-state index in [1.54, 1.807) is 13.1 Å². The Morgan fingerprint density at radius 2 is 2.00 bits per heavy atom. The van der Waals surface area contributed by atoms with Gasteiger partial charge in [0, 0.05) is 24.8 Å². The average molecular weight is 194 g/mol. The van der Waals surface area contributed by atoms with Crippen molar-refractivity contribution in [3.05, 3.63) is 23.9 Å². The highest BCUT2D eigenvalue weighted by atomic mass is 16.3. The fourth-order valence-corrected chi connectivity index (χ4v) is 1.27. The molecular weight excluding hydrogens is 176 g/mol. The van der Waals surface area contributed by atoms with Gasteiger partial charge in [0.15, 0.2) is 0 Å². The lowest BCUT2D eigenvalue weighted by Crippen LogP contribution is -2.27. The number of nitrogens with zero attached hydrogens (tertiary/aromatic N) is 2. The summed E-state index contributed by atoms with van der Waals surface area (Å²) in [7, 11) is 1.98. The van der Waals surface area contributed by atoms with Crippen LogP contribution < -0.4 is 4.90 Å². The van der Waals surface area contributed by atoms with Crippen LogP contribution in [0.25, 0.3) is 0 Å². The van der Waals surface area contributed by atoms with Crippen molar-refractivity contribution < 1.29 is 5.11 Å². The van der Waals surface area contributed by atoms with Gasteiger partial charge in [0.1, 0.15) is 5.82 Å². The van der Waals surface area contributed by atoms with Crippen LogP contribution in [-0.2, 0) is 0 Å². The highest BCUT2D eigenvalue weighted by molar-refractivity contribution is 5.47. The molecule has 0 bridgehead atoms. The smallest absolute Gasteiger partial charge is 0.134 e. The Bertz CT molecular complexity index is 297. The van der Waals surface area contributed by atoms with Crippen molar-refractivity contribution in [2.75, 3.05) is 11.9 Å². The number of aliphatic hydroxyl groups excluding tert-OH is 1. The molecule has 3 heteroatoms. The second-order valence-electron chi connectivity index (χ2n) is 3.80. The van der Waals surface area contributed by atoms with E-state index < -0.39 is 6.10 Å².